The molecule has 1 aliphatic rings. The number of carbonyl (C=O) groups is 2. The molecule has 37 heavy (non-hydrogen) atoms. The van der Waals surface area contributed by atoms with Crippen molar-refractivity contribution in [3.05, 3.63) is 47.5 Å². The van der Waals surface area contributed by atoms with E-state index in [1.165, 1.54) is 6.07 Å². The van der Waals surface area contributed by atoms with Crippen LogP contribution < -0.4 is 5.32 Å². The molecular formula is C25H24F3N5O3S. The summed E-state index contributed by atoms with van der Waals surface area (Å²) in [6.07, 6.45) is -3.34. The third-order valence-corrected chi connectivity index (χ3v) is 7.47. The molecule has 194 valence electrons. The summed E-state index contributed by atoms with van der Waals surface area (Å²) < 4.78 is 46.5. The molecule has 1 atom stereocenters. The number of aryl methyl sites for hydroxylation is 1. The number of ketones is 1. The van der Waals surface area contributed by atoms with Crippen molar-refractivity contribution in [1.82, 2.24) is 19.4 Å². The van der Waals surface area contributed by atoms with Gasteiger partial charge in [0.15, 0.2) is 10.9 Å². The Bertz CT molecular complexity index is 1500. The number of nitrogens with zero attached hydrogens (tertiary/aromatic N) is 4. The number of amides is 1. The van der Waals surface area contributed by atoms with Gasteiger partial charge in [-0.25, -0.2) is 9.97 Å². The van der Waals surface area contributed by atoms with E-state index >= 15 is 0 Å². The Morgan fingerprint density at radius 3 is 2.68 bits per heavy atom. The van der Waals surface area contributed by atoms with Gasteiger partial charge in [0.1, 0.15) is 0 Å². The second-order valence-corrected chi connectivity index (χ2v) is 9.96. The summed E-state index contributed by atoms with van der Waals surface area (Å²) in [5, 5.41) is 3.47. The zero-order chi connectivity index (χ0) is 26.3. The zero-order valence-corrected chi connectivity index (χ0v) is 20.9. The minimum atomic E-state index is -4.42. The smallest absolute Gasteiger partial charge is 0.380 e. The molecule has 2 aromatic carbocycles. The first-order valence-corrected chi connectivity index (χ1v) is 12.5. The number of aromatic nitrogens is 3. The van der Waals surface area contributed by atoms with Gasteiger partial charge in [-0.05, 0) is 42.8 Å². The van der Waals surface area contributed by atoms with Crippen LogP contribution in [-0.4, -0.2) is 57.4 Å². The van der Waals surface area contributed by atoms with Crippen LogP contribution in [0.1, 0.15) is 35.2 Å². The van der Waals surface area contributed by atoms with Crippen LogP contribution in [0.3, 0.4) is 0 Å². The fourth-order valence-corrected chi connectivity index (χ4v) is 5.30. The standard InChI is InChI=1S/C25H24F3N5O3S/c1-32-19-6-3-14(20(34)7-8-22(35)33-10-9-16(13-33)36-2)11-18(19)29-23(32)31-24-30-17-5-4-15(25(26,27)28)12-21(17)37-24/h3-6,11-12,16H,7-10,13H2,1-2H3,(H,29,30,31)/t16-/m0/s1. The maximum absolute atomic E-state index is 13.0. The number of thiazole rings is 1. The van der Waals surface area contributed by atoms with Gasteiger partial charge in [-0.15, -0.1) is 0 Å². The predicted octanol–water partition coefficient (Wildman–Crippen LogP) is 5.16. The molecule has 1 aliphatic heterocycles. The van der Waals surface area contributed by atoms with Gasteiger partial charge in [-0.1, -0.05) is 11.3 Å². The lowest BCUT2D eigenvalue weighted by Gasteiger charge is -2.15. The van der Waals surface area contributed by atoms with E-state index in [0.717, 1.165) is 35.4 Å². The van der Waals surface area contributed by atoms with Crippen molar-refractivity contribution in [2.45, 2.75) is 31.5 Å². The Morgan fingerprint density at radius 1 is 1.14 bits per heavy atom. The lowest BCUT2D eigenvalue weighted by molar-refractivity contribution is -0.137. The molecular weight excluding hydrogens is 507 g/mol. The van der Waals surface area contributed by atoms with Gasteiger partial charge in [0.05, 0.1) is 32.9 Å². The van der Waals surface area contributed by atoms with E-state index in [0.29, 0.717) is 45.5 Å². The molecule has 0 aliphatic carbocycles. The van der Waals surface area contributed by atoms with Crippen LogP contribution in [0.5, 0.6) is 0 Å². The summed E-state index contributed by atoms with van der Waals surface area (Å²) in [5.74, 6) is 0.229. The van der Waals surface area contributed by atoms with Crippen molar-refractivity contribution in [3.8, 4) is 0 Å². The lowest BCUT2D eigenvalue weighted by atomic mass is 10.1. The molecule has 2 aromatic heterocycles. The molecule has 1 N–H and O–H groups in total. The monoisotopic (exact) mass is 531 g/mol. The normalized spacial score (nSPS) is 16.1. The highest BCUT2D eigenvalue weighted by atomic mass is 32.1. The van der Waals surface area contributed by atoms with Crippen LogP contribution in [-0.2, 0) is 22.8 Å². The number of Topliss-reactive ketones (excluding diaryl/α,β-unsaturated/α-hetero) is 1. The molecule has 8 nitrogen and oxygen atoms in total. The Hall–Kier alpha value is -3.51. The van der Waals surface area contributed by atoms with Gasteiger partial charge in [0.2, 0.25) is 11.9 Å². The number of carbonyl (C=O) groups excluding carboxylic acids is 2. The van der Waals surface area contributed by atoms with E-state index < -0.39 is 11.7 Å². The number of rotatable bonds is 7. The molecule has 1 saturated heterocycles. The Balaban J connectivity index is 1.29. The molecule has 4 aromatic rings. The van der Waals surface area contributed by atoms with Crippen molar-refractivity contribution in [2.24, 2.45) is 7.05 Å². The Morgan fingerprint density at radius 2 is 1.95 bits per heavy atom. The number of hydrogen-bond donors (Lipinski definition) is 1. The fourth-order valence-electron chi connectivity index (χ4n) is 4.41. The summed E-state index contributed by atoms with van der Waals surface area (Å²) >= 11 is 1.10. The van der Waals surface area contributed by atoms with Crippen LogP contribution in [0.4, 0.5) is 24.3 Å². The number of methoxy groups -OCH3 is 1. The molecule has 0 saturated carbocycles. The van der Waals surface area contributed by atoms with Crippen molar-refractivity contribution in [2.75, 3.05) is 25.5 Å². The van der Waals surface area contributed by atoms with Gasteiger partial charge in [-0.3, -0.25) is 9.59 Å². The maximum atomic E-state index is 13.0. The van der Waals surface area contributed by atoms with Crippen LogP contribution in [0.15, 0.2) is 36.4 Å². The number of benzene rings is 2. The van der Waals surface area contributed by atoms with Crippen molar-refractivity contribution in [1.29, 1.82) is 0 Å². The number of imidazole rings is 1. The molecule has 0 unspecified atom stereocenters. The molecule has 1 fully saturated rings. The summed E-state index contributed by atoms with van der Waals surface area (Å²) in [5.41, 5.74) is 1.52. The summed E-state index contributed by atoms with van der Waals surface area (Å²) in [6.45, 7) is 1.19. The number of nitrogens with one attached hydrogen (secondary N) is 1. The van der Waals surface area contributed by atoms with E-state index in [1.807, 2.05) is 0 Å². The third-order valence-electron chi connectivity index (χ3n) is 6.53. The van der Waals surface area contributed by atoms with E-state index in [2.05, 4.69) is 15.3 Å². The lowest BCUT2D eigenvalue weighted by Crippen LogP contribution is -2.30. The first-order valence-electron chi connectivity index (χ1n) is 11.7. The van der Waals surface area contributed by atoms with Gasteiger partial charge in [-0.2, -0.15) is 13.2 Å². The molecule has 3 heterocycles. The zero-order valence-electron chi connectivity index (χ0n) is 20.1. The highest BCUT2D eigenvalue weighted by Gasteiger charge is 2.31. The first-order chi connectivity index (χ1) is 17.6. The minimum absolute atomic E-state index is 0.0501. The highest BCUT2D eigenvalue weighted by molar-refractivity contribution is 7.22. The third kappa shape index (κ3) is 5.16. The SMILES string of the molecule is CO[C@H]1CCN(C(=O)CCC(=O)c2ccc3c(c2)nc(Nc2nc4ccc(C(F)(F)F)cc4s2)n3C)C1. The van der Waals surface area contributed by atoms with Crippen LogP contribution in [0.2, 0.25) is 0 Å². The number of fused-ring (bicyclic) bond motifs is 2. The summed E-state index contributed by atoms with van der Waals surface area (Å²) in [4.78, 5) is 35.9. The Kier molecular flexibility index (Phi) is 6.63. The van der Waals surface area contributed by atoms with Crippen LogP contribution in [0, 0.1) is 0 Å². The average Bonchev–Trinajstić information content (AvgIpc) is 3.58. The highest BCUT2D eigenvalue weighted by Crippen LogP contribution is 2.35. The Labute approximate surface area is 214 Å². The molecule has 1 amide bonds. The molecule has 12 heteroatoms. The predicted molar refractivity (Wildman–Crippen MR) is 134 cm³/mol. The quantitative estimate of drug-likeness (QED) is 0.332. The topological polar surface area (TPSA) is 89.3 Å². The number of hydrogen-bond acceptors (Lipinski definition) is 7. The van der Waals surface area contributed by atoms with Crippen LogP contribution >= 0.6 is 11.3 Å². The van der Waals surface area contributed by atoms with Crippen molar-refractivity contribution in [3.63, 3.8) is 0 Å². The second-order valence-electron chi connectivity index (χ2n) is 8.93. The van der Waals surface area contributed by atoms with E-state index in [9.17, 15) is 22.8 Å². The maximum Gasteiger partial charge on any atom is 0.416 e. The number of halogens is 3. The minimum Gasteiger partial charge on any atom is -0.380 e. The largest absolute Gasteiger partial charge is 0.416 e. The van der Waals surface area contributed by atoms with Gasteiger partial charge >= 0.3 is 6.18 Å². The molecule has 5 rings (SSSR count). The van der Waals surface area contributed by atoms with Gasteiger partial charge in [0, 0.05) is 45.7 Å². The second kappa shape index (κ2) is 9.75. The van der Waals surface area contributed by atoms with Gasteiger partial charge in [0.25, 0.3) is 0 Å². The number of ether oxygens (including phenoxy) is 1. The van der Waals surface area contributed by atoms with Crippen LogP contribution in [0.25, 0.3) is 21.3 Å². The molecule has 0 bridgehead atoms. The summed E-state index contributed by atoms with van der Waals surface area (Å²) in [7, 11) is 3.42. The van der Waals surface area contributed by atoms with E-state index in [1.54, 1.807) is 41.8 Å². The molecule has 0 spiro atoms. The molecule has 0 radical (unpaired) electrons. The number of likely N-dealkylation sites (tertiary alicyclic amines) is 1. The average molecular weight is 532 g/mol. The first kappa shape index (κ1) is 25.2. The van der Waals surface area contributed by atoms with E-state index in [4.69, 9.17) is 4.74 Å². The van der Waals surface area contributed by atoms with E-state index in [-0.39, 0.29) is 30.6 Å². The van der Waals surface area contributed by atoms with Crippen molar-refractivity contribution >= 4 is 55.4 Å². The number of alkyl halides is 3. The van der Waals surface area contributed by atoms with Crippen molar-refractivity contribution < 1.29 is 27.5 Å². The fraction of sp³-hybridized carbons (Fsp3) is 0.360. The van der Waals surface area contributed by atoms with Gasteiger partial charge < -0.3 is 19.5 Å². The summed E-state index contributed by atoms with van der Waals surface area (Å²) in [6, 6.07) is 8.59. The number of anilines is 2.